The molecule has 1 heterocycles. The average Bonchev–Trinajstić information content (AvgIpc) is 3.00. The van der Waals surface area contributed by atoms with Crippen LogP contribution in [0.2, 0.25) is 0 Å². The topological polar surface area (TPSA) is 85.0 Å². The second kappa shape index (κ2) is 15.2. The van der Waals surface area contributed by atoms with Gasteiger partial charge in [-0.3, -0.25) is 9.69 Å². The number of rotatable bonds is 10. The number of carboxylic acid groups (broad SMARTS) is 1. The number of carbonyl (C=O) groups is 1. The van der Waals surface area contributed by atoms with Crippen molar-refractivity contribution in [1.82, 2.24) is 4.90 Å². The summed E-state index contributed by atoms with van der Waals surface area (Å²) in [6, 6.07) is 23.1. The van der Waals surface area contributed by atoms with Crippen LogP contribution in [-0.2, 0) is 11.2 Å². The normalized spacial score (nSPS) is 13.2. The van der Waals surface area contributed by atoms with Gasteiger partial charge in [0.1, 0.15) is 23.9 Å². The molecule has 1 aliphatic rings. The smallest absolute Gasteiger partial charge is 0.303 e. The van der Waals surface area contributed by atoms with E-state index >= 15 is 0 Å². The summed E-state index contributed by atoms with van der Waals surface area (Å²) < 4.78 is 24.7. The maximum Gasteiger partial charge on any atom is 0.303 e. The molecule has 0 spiro atoms. The van der Waals surface area contributed by atoms with Gasteiger partial charge in [0.15, 0.2) is 0 Å². The van der Waals surface area contributed by atoms with E-state index in [1.807, 2.05) is 36.4 Å². The number of methoxy groups -OCH3 is 1. The van der Waals surface area contributed by atoms with Crippen LogP contribution in [-0.4, -0.2) is 49.3 Å². The highest BCUT2D eigenvalue weighted by atomic mass is 19.1. The SMILES string of the molecule is C=C(N)c1c(C)cccc1F.COc1cc(OCCN2CCCCC2)ccc1-c1cccc2c(CCC(=O)O)cccc12. The zero-order valence-electron chi connectivity index (χ0n) is 25.1. The van der Waals surface area contributed by atoms with Crippen molar-refractivity contribution in [1.29, 1.82) is 0 Å². The first-order valence-electron chi connectivity index (χ1n) is 14.7. The van der Waals surface area contributed by atoms with Crippen LogP contribution in [0.3, 0.4) is 0 Å². The van der Waals surface area contributed by atoms with Crippen molar-refractivity contribution in [3.63, 3.8) is 0 Å². The minimum atomic E-state index is -0.782. The predicted octanol–water partition coefficient (Wildman–Crippen LogP) is 7.46. The number of hydrogen-bond acceptors (Lipinski definition) is 5. The molecule has 4 aromatic carbocycles. The van der Waals surface area contributed by atoms with Gasteiger partial charge in [-0.05, 0) is 84.9 Å². The molecule has 0 saturated carbocycles. The molecule has 0 bridgehead atoms. The zero-order chi connectivity index (χ0) is 30.8. The van der Waals surface area contributed by atoms with Crippen LogP contribution in [0, 0.1) is 12.7 Å². The molecule has 226 valence electrons. The van der Waals surface area contributed by atoms with Crippen molar-refractivity contribution in [2.45, 2.75) is 39.0 Å². The Morgan fingerprint density at radius 3 is 2.37 bits per heavy atom. The van der Waals surface area contributed by atoms with Gasteiger partial charge in [-0.25, -0.2) is 4.39 Å². The first kappa shape index (κ1) is 31.6. The van der Waals surface area contributed by atoms with E-state index in [0.717, 1.165) is 51.1 Å². The number of nitrogens with two attached hydrogens (primary N) is 1. The molecule has 1 aliphatic heterocycles. The summed E-state index contributed by atoms with van der Waals surface area (Å²) in [7, 11) is 1.68. The van der Waals surface area contributed by atoms with Crippen LogP contribution in [0.15, 0.2) is 79.4 Å². The molecule has 7 heteroatoms. The molecule has 5 rings (SSSR count). The van der Waals surface area contributed by atoms with Crippen LogP contribution in [0.1, 0.15) is 42.4 Å². The second-order valence-corrected chi connectivity index (χ2v) is 10.8. The van der Waals surface area contributed by atoms with Gasteiger partial charge in [-0.15, -0.1) is 0 Å². The lowest BCUT2D eigenvalue weighted by Gasteiger charge is -2.26. The minimum absolute atomic E-state index is 0.121. The molecular formula is C36H41FN2O4. The fraction of sp³-hybridized carbons (Fsp3) is 0.306. The lowest BCUT2D eigenvalue weighted by molar-refractivity contribution is -0.136. The van der Waals surface area contributed by atoms with E-state index in [0.29, 0.717) is 18.6 Å². The van der Waals surface area contributed by atoms with Crippen LogP contribution < -0.4 is 15.2 Å². The molecule has 0 aromatic heterocycles. The Bertz CT molecular complexity index is 1540. The van der Waals surface area contributed by atoms with E-state index in [1.165, 1.54) is 38.4 Å². The Labute approximate surface area is 253 Å². The highest BCUT2D eigenvalue weighted by molar-refractivity contribution is 5.99. The van der Waals surface area contributed by atoms with Crippen molar-refractivity contribution in [2.24, 2.45) is 5.73 Å². The summed E-state index contributed by atoms with van der Waals surface area (Å²) in [4.78, 5) is 13.5. The highest BCUT2D eigenvalue weighted by Crippen LogP contribution is 2.38. The van der Waals surface area contributed by atoms with E-state index in [1.54, 1.807) is 26.2 Å². The number of fused-ring (bicyclic) bond motifs is 1. The van der Waals surface area contributed by atoms with E-state index in [2.05, 4.69) is 29.7 Å². The summed E-state index contributed by atoms with van der Waals surface area (Å²) in [6.07, 6.45) is 4.54. The van der Waals surface area contributed by atoms with Crippen LogP contribution in [0.4, 0.5) is 4.39 Å². The Kier molecular flexibility index (Phi) is 11.2. The molecule has 0 radical (unpaired) electrons. The maximum atomic E-state index is 13.0. The summed E-state index contributed by atoms with van der Waals surface area (Å²) in [6.45, 7) is 9.24. The quantitative estimate of drug-likeness (QED) is 0.201. The van der Waals surface area contributed by atoms with Crippen molar-refractivity contribution in [3.05, 3.63) is 102 Å². The summed E-state index contributed by atoms with van der Waals surface area (Å²) in [5.74, 6) is 0.488. The van der Waals surface area contributed by atoms with Gasteiger partial charge in [0.25, 0.3) is 0 Å². The maximum absolute atomic E-state index is 13.0. The third-order valence-electron chi connectivity index (χ3n) is 7.75. The first-order chi connectivity index (χ1) is 20.8. The Hall–Kier alpha value is -4.36. The molecule has 1 saturated heterocycles. The van der Waals surface area contributed by atoms with E-state index in [9.17, 15) is 9.18 Å². The molecule has 1 fully saturated rings. The number of halogens is 1. The van der Waals surface area contributed by atoms with Gasteiger partial charge >= 0.3 is 5.97 Å². The fourth-order valence-corrected chi connectivity index (χ4v) is 5.57. The van der Waals surface area contributed by atoms with Crippen molar-refractivity contribution in [2.75, 3.05) is 33.4 Å². The first-order valence-corrected chi connectivity index (χ1v) is 14.7. The number of ether oxygens (including phenoxy) is 2. The van der Waals surface area contributed by atoms with E-state index in [-0.39, 0.29) is 17.9 Å². The monoisotopic (exact) mass is 584 g/mol. The van der Waals surface area contributed by atoms with Gasteiger partial charge in [0, 0.05) is 35.9 Å². The van der Waals surface area contributed by atoms with Crippen LogP contribution in [0.5, 0.6) is 11.5 Å². The molecule has 0 aliphatic carbocycles. The Morgan fingerprint density at radius 2 is 1.70 bits per heavy atom. The van der Waals surface area contributed by atoms with Gasteiger partial charge in [-0.2, -0.15) is 0 Å². The van der Waals surface area contributed by atoms with Crippen molar-refractivity contribution >= 4 is 22.4 Å². The Morgan fingerprint density at radius 1 is 0.977 bits per heavy atom. The summed E-state index contributed by atoms with van der Waals surface area (Å²) in [5.41, 5.74) is 10.0. The van der Waals surface area contributed by atoms with Gasteiger partial charge in [0.2, 0.25) is 0 Å². The number of hydrogen-bond donors (Lipinski definition) is 2. The highest BCUT2D eigenvalue weighted by Gasteiger charge is 2.14. The Balaban J connectivity index is 0.000000324. The predicted molar refractivity (Wildman–Crippen MR) is 172 cm³/mol. The summed E-state index contributed by atoms with van der Waals surface area (Å²) >= 11 is 0. The third kappa shape index (κ3) is 8.36. The van der Waals surface area contributed by atoms with Crippen molar-refractivity contribution in [3.8, 4) is 22.6 Å². The largest absolute Gasteiger partial charge is 0.496 e. The second-order valence-electron chi connectivity index (χ2n) is 10.8. The lowest BCUT2D eigenvalue weighted by Crippen LogP contribution is -2.33. The van der Waals surface area contributed by atoms with Crippen LogP contribution in [0.25, 0.3) is 27.6 Å². The third-order valence-corrected chi connectivity index (χ3v) is 7.75. The number of benzene rings is 4. The van der Waals surface area contributed by atoms with E-state index < -0.39 is 5.97 Å². The van der Waals surface area contributed by atoms with Gasteiger partial charge in [-0.1, -0.05) is 61.5 Å². The number of aryl methyl sites for hydroxylation is 2. The molecule has 4 aromatic rings. The fourth-order valence-electron chi connectivity index (χ4n) is 5.57. The number of aliphatic carboxylic acids is 1. The zero-order valence-corrected chi connectivity index (χ0v) is 25.1. The molecule has 6 nitrogen and oxygen atoms in total. The van der Waals surface area contributed by atoms with Crippen LogP contribution >= 0.6 is 0 Å². The molecule has 3 N–H and O–H groups in total. The van der Waals surface area contributed by atoms with E-state index in [4.69, 9.17) is 20.3 Å². The lowest BCUT2D eigenvalue weighted by atomic mass is 9.93. The molecule has 0 unspecified atom stereocenters. The minimum Gasteiger partial charge on any atom is -0.496 e. The van der Waals surface area contributed by atoms with Crippen molar-refractivity contribution < 1.29 is 23.8 Å². The number of carboxylic acids is 1. The number of likely N-dealkylation sites (tertiary alicyclic amines) is 1. The molecule has 43 heavy (non-hydrogen) atoms. The number of nitrogens with zero attached hydrogens (tertiary/aromatic N) is 1. The molecular weight excluding hydrogens is 543 g/mol. The van der Waals surface area contributed by atoms with Gasteiger partial charge in [0.05, 0.1) is 7.11 Å². The standard InChI is InChI=1S/C27H31NO4.C9H10FN/c1-31-26-19-21(32-18-17-28-15-3-2-4-16-28)12-13-25(26)24-10-6-8-22-20(11-14-27(29)30)7-5-9-23(22)24;1-6-4-3-5-8(10)9(6)7(2)11/h5-10,12-13,19H,2-4,11,14-18H2,1H3,(H,29,30);3-5H,2,11H2,1H3. The molecule has 0 amide bonds. The van der Waals surface area contributed by atoms with Gasteiger partial charge < -0.3 is 20.3 Å². The molecule has 0 atom stereocenters. The number of piperidine rings is 1. The average molecular weight is 585 g/mol. The summed E-state index contributed by atoms with van der Waals surface area (Å²) in [5, 5.41) is 11.2.